The molecule has 0 atom stereocenters. The number of pyridine rings is 1. The van der Waals surface area contributed by atoms with Crippen LogP contribution in [0.5, 0.6) is 0 Å². The molecule has 1 fully saturated rings. The lowest BCUT2D eigenvalue weighted by atomic mass is 9.67. The SMILES string of the molecule is CCCCc1nc2c(N)nc3ccccc3c2n1Cc1ccc(CN(CC(C)(C)C2CCC2)C(C)(C)C)cc1. The molecule has 5 heteroatoms. The molecule has 1 aliphatic rings. The summed E-state index contributed by atoms with van der Waals surface area (Å²) < 4.78 is 2.38. The number of aromatic nitrogens is 3. The summed E-state index contributed by atoms with van der Waals surface area (Å²) in [6.45, 7) is 17.1. The van der Waals surface area contributed by atoms with Crippen LogP contribution < -0.4 is 5.73 Å². The Labute approximate surface area is 234 Å². The molecule has 0 unspecified atom stereocenters. The van der Waals surface area contributed by atoms with E-state index in [1.165, 1.54) is 30.4 Å². The normalized spacial score (nSPS) is 14.9. The third-order valence-corrected chi connectivity index (χ3v) is 8.94. The van der Waals surface area contributed by atoms with Gasteiger partial charge in [-0.15, -0.1) is 0 Å². The number of hydrogen-bond acceptors (Lipinski definition) is 4. The standard InChI is InChI=1S/C34H47N5/c1-7-8-16-29-37-30-31(27-14-9-10-15-28(27)36-32(30)35)39(29)22-25-19-17-24(18-20-25)21-38(33(2,3)4)23-34(5,6)26-12-11-13-26/h9-10,14-15,17-20,26H,7-8,11-13,16,21-23H2,1-6H3,(H2,35,36). The fourth-order valence-corrected chi connectivity index (χ4v) is 6.09. The Morgan fingerprint density at radius 2 is 1.64 bits per heavy atom. The number of nitrogen functional groups attached to an aromatic ring is 1. The number of rotatable bonds is 10. The van der Waals surface area contributed by atoms with E-state index in [0.29, 0.717) is 11.2 Å². The van der Waals surface area contributed by atoms with Gasteiger partial charge in [-0.25, -0.2) is 9.97 Å². The minimum absolute atomic E-state index is 0.124. The second-order valence-electron chi connectivity index (χ2n) is 13.4. The van der Waals surface area contributed by atoms with E-state index in [0.717, 1.165) is 72.6 Å². The van der Waals surface area contributed by atoms with Crippen molar-refractivity contribution >= 4 is 27.8 Å². The topological polar surface area (TPSA) is 60.0 Å². The number of para-hydroxylation sites is 1. The Bertz CT molecular complexity index is 1420. The average molecular weight is 526 g/mol. The van der Waals surface area contributed by atoms with Crippen molar-refractivity contribution in [1.29, 1.82) is 0 Å². The maximum absolute atomic E-state index is 6.41. The molecule has 2 heterocycles. The minimum Gasteiger partial charge on any atom is -0.382 e. The van der Waals surface area contributed by atoms with Gasteiger partial charge in [0.25, 0.3) is 0 Å². The van der Waals surface area contributed by atoms with Gasteiger partial charge in [0.2, 0.25) is 0 Å². The van der Waals surface area contributed by atoms with E-state index in [9.17, 15) is 0 Å². The average Bonchev–Trinajstić information content (AvgIpc) is 3.20. The summed E-state index contributed by atoms with van der Waals surface area (Å²) in [5, 5.41) is 1.11. The monoisotopic (exact) mass is 525 g/mol. The molecule has 5 nitrogen and oxygen atoms in total. The summed E-state index contributed by atoms with van der Waals surface area (Å²) in [7, 11) is 0. The number of nitrogens with zero attached hydrogens (tertiary/aromatic N) is 4. The van der Waals surface area contributed by atoms with E-state index in [1.54, 1.807) is 0 Å². The minimum atomic E-state index is 0.124. The van der Waals surface area contributed by atoms with Gasteiger partial charge < -0.3 is 10.3 Å². The second kappa shape index (κ2) is 10.9. The molecular weight excluding hydrogens is 478 g/mol. The van der Waals surface area contributed by atoms with Crippen LogP contribution in [0.2, 0.25) is 0 Å². The van der Waals surface area contributed by atoms with Crippen molar-refractivity contribution in [2.24, 2.45) is 11.3 Å². The highest BCUT2D eigenvalue weighted by molar-refractivity contribution is 6.06. The Hall–Kier alpha value is -2.92. The maximum Gasteiger partial charge on any atom is 0.152 e. The van der Waals surface area contributed by atoms with Crippen LogP contribution in [0.4, 0.5) is 5.82 Å². The summed E-state index contributed by atoms with van der Waals surface area (Å²) in [6.07, 6.45) is 7.35. The molecule has 2 aromatic carbocycles. The quantitative estimate of drug-likeness (QED) is 0.228. The first kappa shape index (κ1) is 27.6. The fraction of sp³-hybridized carbons (Fsp3) is 0.529. The lowest BCUT2D eigenvalue weighted by Crippen LogP contribution is -2.48. The molecule has 39 heavy (non-hydrogen) atoms. The molecule has 208 valence electrons. The Morgan fingerprint density at radius 1 is 0.949 bits per heavy atom. The first-order valence-corrected chi connectivity index (χ1v) is 14.9. The highest BCUT2D eigenvalue weighted by Crippen LogP contribution is 2.43. The molecule has 5 rings (SSSR count). The summed E-state index contributed by atoms with van der Waals surface area (Å²) in [5.41, 5.74) is 12.4. The zero-order valence-corrected chi connectivity index (χ0v) is 24.9. The van der Waals surface area contributed by atoms with Crippen LogP contribution in [0.25, 0.3) is 21.9 Å². The van der Waals surface area contributed by atoms with Crippen LogP contribution in [-0.2, 0) is 19.5 Å². The molecule has 0 amide bonds. The molecule has 0 spiro atoms. The van der Waals surface area contributed by atoms with E-state index >= 15 is 0 Å². The van der Waals surface area contributed by atoms with Gasteiger partial charge >= 0.3 is 0 Å². The molecule has 1 saturated carbocycles. The number of fused-ring (bicyclic) bond motifs is 3. The molecule has 0 aliphatic heterocycles. The van der Waals surface area contributed by atoms with E-state index in [1.807, 2.05) is 12.1 Å². The van der Waals surface area contributed by atoms with Gasteiger partial charge in [-0.1, -0.05) is 76.1 Å². The largest absolute Gasteiger partial charge is 0.382 e. The number of nitrogens with two attached hydrogens (primary N) is 1. The summed E-state index contributed by atoms with van der Waals surface area (Å²) in [4.78, 5) is 12.3. The number of benzene rings is 2. The molecule has 2 N–H and O–H groups in total. The van der Waals surface area contributed by atoms with Gasteiger partial charge in [-0.05, 0) is 68.6 Å². The van der Waals surface area contributed by atoms with Gasteiger partial charge in [0.15, 0.2) is 5.82 Å². The Kier molecular flexibility index (Phi) is 7.74. The molecule has 2 aromatic heterocycles. The van der Waals surface area contributed by atoms with Crippen molar-refractivity contribution in [3.63, 3.8) is 0 Å². The van der Waals surface area contributed by atoms with Crippen LogP contribution in [-0.4, -0.2) is 31.5 Å². The van der Waals surface area contributed by atoms with Gasteiger partial charge in [-0.2, -0.15) is 0 Å². The number of unbranched alkanes of at least 4 members (excludes halogenated alkanes) is 1. The lowest BCUT2D eigenvalue weighted by molar-refractivity contribution is 0.0222. The predicted octanol–water partition coefficient (Wildman–Crippen LogP) is 7.98. The van der Waals surface area contributed by atoms with Crippen molar-refractivity contribution in [2.45, 2.75) is 98.7 Å². The Balaban J connectivity index is 1.42. The zero-order valence-electron chi connectivity index (χ0n) is 24.9. The van der Waals surface area contributed by atoms with Gasteiger partial charge in [0, 0.05) is 37.0 Å². The smallest absolute Gasteiger partial charge is 0.152 e. The molecule has 0 bridgehead atoms. The molecule has 0 saturated heterocycles. The third kappa shape index (κ3) is 5.84. The molecule has 1 aliphatic carbocycles. The van der Waals surface area contributed by atoms with Gasteiger partial charge in [-0.3, -0.25) is 4.90 Å². The van der Waals surface area contributed by atoms with E-state index in [2.05, 4.69) is 92.4 Å². The Morgan fingerprint density at radius 3 is 2.28 bits per heavy atom. The third-order valence-electron chi connectivity index (χ3n) is 8.94. The second-order valence-corrected chi connectivity index (χ2v) is 13.4. The van der Waals surface area contributed by atoms with Crippen LogP contribution in [0, 0.1) is 11.3 Å². The van der Waals surface area contributed by atoms with E-state index < -0.39 is 0 Å². The van der Waals surface area contributed by atoms with Crippen molar-refractivity contribution < 1.29 is 0 Å². The van der Waals surface area contributed by atoms with Gasteiger partial charge in [0.05, 0.1) is 11.0 Å². The fourth-order valence-electron chi connectivity index (χ4n) is 6.09. The highest BCUT2D eigenvalue weighted by atomic mass is 15.2. The van der Waals surface area contributed by atoms with Crippen molar-refractivity contribution in [3.8, 4) is 0 Å². The maximum atomic E-state index is 6.41. The van der Waals surface area contributed by atoms with Crippen LogP contribution >= 0.6 is 0 Å². The molecule has 4 aromatic rings. The number of hydrogen-bond donors (Lipinski definition) is 1. The van der Waals surface area contributed by atoms with Crippen LogP contribution in [0.1, 0.15) is 90.6 Å². The first-order chi connectivity index (χ1) is 18.6. The molecular formula is C34H47N5. The molecule has 0 radical (unpaired) electrons. The van der Waals surface area contributed by atoms with Crippen molar-refractivity contribution in [1.82, 2.24) is 19.4 Å². The van der Waals surface area contributed by atoms with Crippen LogP contribution in [0.15, 0.2) is 48.5 Å². The van der Waals surface area contributed by atoms with Crippen molar-refractivity contribution in [3.05, 3.63) is 65.5 Å². The first-order valence-electron chi connectivity index (χ1n) is 14.9. The summed E-state index contributed by atoms with van der Waals surface area (Å²) in [5.74, 6) is 2.47. The predicted molar refractivity (Wildman–Crippen MR) is 165 cm³/mol. The highest BCUT2D eigenvalue weighted by Gasteiger charge is 2.37. The lowest BCUT2D eigenvalue weighted by Gasteiger charge is -2.47. The summed E-state index contributed by atoms with van der Waals surface area (Å²) >= 11 is 0. The number of imidazole rings is 1. The van der Waals surface area contributed by atoms with E-state index in [-0.39, 0.29) is 5.54 Å². The number of anilines is 1. The number of aryl methyl sites for hydroxylation is 1. The van der Waals surface area contributed by atoms with Crippen LogP contribution in [0.3, 0.4) is 0 Å². The van der Waals surface area contributed by atoms with Gasteiger partial charge in [0.1, 0.15) is 11.3 Å². The van der Waals surface area contributed by atoms with Crippen molar-refractivity contribution in [2.75, 3.05) is 12.3 Å². The van der Waals surface area contributed by atoms with E-state index in [4.69, 9.17) is 10.7 Å². The zero-order chi connectivity index (χ0) is 27.8. The summed E-state index contributed by atoms with van der Waals surface area (Å²) in [6, 6.07) is 17.5.